The fraction of sp³-hybridized carbons (Fsp3) is 0.667. The lowest BCUT2D eigenvalue weighted by Gasteiger charge is -2.36. The first-order valence-electron chi connectivity index (χ1n) is 5.73. The van der Waals surface area contributed by atoms with E-state index in [9.17, 15) is 0 Å². The van der Waals surface area contributed by atoms with Gasteiger partial charge in [-0.15, -0.1) is 11.6 Å². The highest BCUT2D eigenvalue weighted by Gasteiger charge is 2.24. The van der Waals surface area contributed by atoms with Crippen LogP contribution in [0.15, 0.2) is 16.8 Å². The topological polar surface area (TPSA) is 12.5 Å². The summed E-state index contributed by atoms with van der Waals surface area (Å²) in [6, 6.07) is 2.20. The van der Waals surface area contributed by atoms with E-state index in [1.54, 1.807) is 11.3 Å². The zero-order valence-electron chi connectivity index (χ0n) is 9.56. The third-order valence-corrected chi connectivity index (χ3v) is 3.95. The first-order chi connectivity index (χ1) is 7.78. The summed E-state index contributed by atoms with van der Waals surface area (Å²) in [7, 11) is 0. The molecule has 1 aliphatic rings. The highest BCUT2D eigenvalue weighted by Crippen LogP contribution is 2.14. The number of hydrogen-bond acceptors (Lipinski definition) is 3. The normalized spacial score (nSPS) is 27.1. The summed E-state index contributed by atoms with van der Waals surface area (Å²) in [5, 5.41) is 4.36. The third-order valence-electron chi connectivity index (χ3n) is 2.87. The van der Waals surface area contributed by atoms with E-state index in [1.165, 1.54) is 5.56 Å². The molecule has 2 rings (SSSR count). The van der Waals surface area contributed by atoms with E-state index in [1.807, 2.05) is 0 Å². The maximum absolute atomic E-state index is 5.86. The Morgan fingerprint density at radius 1 is 1.56 bits per heavy atom. The van der Waals surface area contributed by atoms with E-state index in [4.69, 9.17) is 16.3 Å². The molecule has 1 aromatic rings. The number of morpholine rings is 1. The molecule has 90 valence electrons. The Balaban J connectivity index is 1.80. The van der Waals surface area contributed by atoms with Crippen molar-refractivity contribution in [2.75, 3.05) is 25.5 Å². The van der Waals surface area contributed by atoms with Crippen molar-refractivity contribution in [1.82, 2.24) is 4.90 Å². The lowest BCUT2D eigenvalue weighted by Crippen LogP contribution is -2.47. The van der Waals surface area contributed by atoms with Crippen LogP contribution in [-0.2, 0) is 11.2 Å². The van der Waals surface area contributed by atoms with Crippen LogP contribution in [0.4, 0.5) is 0 Å². The number of ether oxygens (including phenoxy) is 1. The molecule has 2 nitrogen and oxygen atoms in total. The molecule has 0 aromatic carbocycles. The van der Waals surface area contributed by atoms with Crippen LogP contribution in [0, 0.1) is 0 Å². The van der Waals surface area contributed by atoms with Crippen LogP contribution < -0.4 is 0 Å². The van der Waals surface area contributed by atoms with E-state index in [-0.39, 0.29) is 6.10 Å². The Kier molecular flexibility index (Phi) is 4.65. The lowest BCUT2D eigenvalue weighted by molar-refractivity contribution is -0.0659. The lowest BCUT2D eigenvalue weighted by atomic mass is 10.2. The molecule has 16 heavy (non-hydrogen) atoms. The summed E-state index contributed by atoms with van der Waals surface area (Å²) in [4.78, 5) is 2.46. The Morgan fingerprint density at radius 3 is 3.12 bits per heavy atom. The monoisotopic (exact) mass is 259 g/mol. The van der Waals surface area contributed by atoms with Crippen molar-refractivity contribution in [2.45, 2.75) is 25.6 Å². The maximum Gasteiger partial charge on any atom is 0.0841 e. The molecule has 1 fully saturated rings. The Morgan fingerprint density at radius 2 is 2.44 bits per heavy atom. The molecule has 1 aromatic heterocycles. The largest absolute Gasteiger partial charge is 0.371 e. The number of rotatable bonds is 4. The molecule has 2 heterocycles. The van der Waals surface area contributed by atoms with E-state index < -0.39 is 0 Å². The van der Waals surface area contributed by atoms with Gasteiger partial charge in [-0.05, 0) is 35.7 Å². The van der Waals surface area contributed by atoms with E-state index in [0.717, 1.165) is 26.1 Å². The summed E-state index contributed by atoms with van der Waals surface area (Å²) in [5.41, 5.74) is 1.44. The van der Waals surface area contributed by atoms with Crippen LogP contribution in [0.25, 0.3) is 0 Å². The minimum atomic E-state index is 0.202. The fourth-order valence-corrected chi connectivity index (χ4v) is 3.00. The van der Waals surface area contributed by atoms with Crippen molar-refractivity contribution in [3.8, 4) is 0 Å². The van der Waals surface area contributed by atoms with Crippen LogP contribution in [0.2, 0.25) is 0 Å². The van der Waals surface area contributed by atoms with Gasteiger partial charge < -0.3 is 4.74 Å². The van der Waals surface area contributed by atoms with Crippen molar-refractivity contribution in [1.29, 1.82) is 0 Å². The van der Waals surface area contributed by atoms with Crippen LogP contribution in [0.5, 0.6) is 0 Å². The standard InChI is InChI=1S/C12H18ClNOS/c1-10-7-14(8-12(6-13)15-10)4-2-11-3-5-16-9-11/h3,5,9-10,12H,2,4,6-8H2,1H3. The van der Waals surface area contributed by atoms with Crippen molar-refractivity contribution >= 4 is 22.9 Å². The first-order valence-corrected chi connectivity index (χ1v) is 7.20. The minimum Gasteiger partial charge on any atom is -0.371 e. The second kappa shape index (κ2) is 6.01. The molecule has 0 amide bonds. The molecule has 1 saturated heterocycles. The van der Waals surface area contributed by atoms with Gasteiger partial charge in [0.1, 0.15) is 0 Å². The summed E-state index contributed by atoms with van der Waals surface area (Å²) in [5.74, 6) is 0.597. The zero-order valence-corrected chi connectivity index (χ0v) is 11.1. The second-order valence-corrected chi connectivity index (χ2v) is 5.45. The smallest absolute Gasteiger partial charge is 0.0841 e. The van der Waals surface area contributed by atoms with Gasteiger partial charge >= 0.3 is 0 Å². The van der Waals surface area contributed by atoms with E-state index in [0.29, 0.717) is 12.0 Å². The molecule has 0 bridgehead atoms. The van der Waals surface area contributed by atoms with Crippen molar-refractivity contribution in [3.05, 3.63) is 22.4 Å². The highest BCUT2D eigenvalue weighted by molar-refractivity contribution is 7.07. The molecular formula is C12H18ClNOS. The van der Waals surface area contributed by atoms with Gasteiger partial charge in [0.05, 0.1) is 12.2 Å². The summed E-state index contributed by atoms with van der Waals surface area (Å²) in [6.45, 7) is 5.23. The summed E-state index contributed by atoms with van der Waals surface area (Å²) in [6.07, 6.45) is 1.64. The van der Waals surface area contributed by atoms with Crippen LogP contribution in [0.3, 0.4) is 0 Å². The molecule has 0 radical (unpaired) electrons. The molecule has 0 N–H and O–H groups in total. The summed E-state index contributed by atoms with van der Waals surface area (Å²) >= 11 is 7.63. The third kappa shape index (κ3) is 3.45. The molecule has 2 atom stereocenters. The van der Waals surface area contributed by atoms with Gasteiger partial charge in [-0.2, -0.15) is 11.3 Å². The zero-order chi connectivity index (χ0) is 11.4. The van der Waals surface area contributed by atoms with E-state index >= 15 is 0 Å². The Hall–Kier alpha value is -0.0900. The Bertz CT molecular complexity index is 304. The molecule has 0 aliphatic carbocycles. The van der Waals surface area contributed by atoms with Gasteiger partial charge in [0, 0.05) is 25.5 Å². The number of alkyl halides is 1. The molecule has 0 spiro atoms. The van der Waals surface area contributed by atoms with Crippen LogP contribution in [-0.4, -0.2) is 42.6 Å². The number of hydrogen-bond donors (Lipinski definition) is 0. The maximum atomic E-state index is 5.86. The molecule has 4 heteroatoms. The highest BCUT2D eigenvalue weighted by atomic mass is 35.5. The number of halogens is 1. The minimum absolute atomic E-state index is 0.202. The second-order valence-electron chi connectivity index (χ2n) is 4.36. The van der Waals surface area contributed by atoms with E-state index in [2.05, 4.69) is 28.7 Å². The van der Waals surface area contributed by atoms with Gasteiger partial charge in [0.25, 0.3) is 0 Å². The predicted molar refractivity (Wildman–Crippen MR) is 69.5 cm³/mol. The van der Waals surface area contributed by atoms with Gasteiger partial charge in [-0.1, -0.05) is 0 Å². The molecular weight excluding hydrogens is 242 g/mol. The molecule has 0 saturated carbocycles. The van der Waals surface area contributed by atoms with Crippen molar-refractivity contribution in [3.63, 3.8) is 0 Å². The predicted octanol–water partition coefficient (Wildman–Crippen LogP) is 2.62. The quantitative estimate of drug-likeness (QED) is 0.771. The van der Waals surface area contributed by atoms with Crippen molar-refractivity contribution in [2.24, 2.45) is 0 Å². The Labute approximate surface area is 106 Å². The average molecular weight is 260 g/mol. The summed E-state index contributed by atoms with van der Waals surface area (Å²) < 4.78 is 5.73. The van der Waals surface area contributed by atoms with Crippen LogP contribution in [0.1, 0.15) is 12.5 Å². The van der Waals surface area contributed by atoms with Gasteiger partial charge in [0.15, 0.2) is 0 Å². The first kappa shape index (κ1) is 12.4. The fourth-order valence-electron chi connectivity index (χ4n) is 2.13. The SMILES string of the molecule is CC1CN(CCc2ccsc2)CC(CCl)O1. The molecule has 2 unspecified atom stereocenters. The van der Waals surface area contributed by atoms with Gasteiger partial charge in [-0.3, -0.25) is 4.90 Å². The van der Waals surface area contributed by atoms with Crippen molar-refractivity contribution < 1.29 is 4.74 Å². The number of thiophene rings is 1. The van der Waals surface area contributed by atoms with Crippen LogP contribution >= 0.6 is 22.9 Å². The molecule has 1 aliphatic heterocycles. The van der Waals surface area contributed by atoms with Gasteiger partial charge in [0.2, 0.25) is 0 Å². The van der Waals surface area contributed by atoms with Gasteiger partial charge in [-0.25, -0.2) is 0 Å². The average Bonchev–Trinajstić information content (AvgIpc) is 2.78. The number of nitrogens with zero attached hydrogens (tertiary/aromatic N) is 1.